The molecule has 0 fully saturated rings. The standard InChI is InChI=1S/C15H17ClFNO4S/c1-2-22-15(19)11-5-3-4-6-14(11)23(20,21)18-13-8-7-10(17)9-12(13)16/h5,7-9,14,18H,2-4,6H2,1H3/i3D2,5D. The van der Waals surface area contributed by atoms with Crippen LogP contribution < -0.4 is 4.72 Å². The van der Waals surface area contributed by atoms with E-state index in [1.54, 1.807) is 0 Å². The molecular formula is C15H17ClFNO4S. The van der Waals surface area contributed by atoms with Crippen LogP contribution in [-0.2, 0) is 19.6 Å². The molecule has 1 aromatic rings. The van der Waals surface area contributed by atoms with E-state index in [0.717, 1.165) is 18.2 Å². The topological polar surface area (TPSA) is 72.5 Å². The van der Waals surface area contributed by atoms with Gasteiger partial charge in [-0.05, 0) is 44.3 Å². The first-order valence-electron chi connectivity index (χ1n) is 8.34. The first-order valence-corrected chi connectivity index (χ1v) is 8.77. The van der Waals surface area contributed by atoms with E-state index < -0.39 is 45.1 Å². The number of hydrogen-bond donors (Lipinski definition) is 1. The number of ether oxygens (including phenoxy) is 1. The van der Waals surface area contributed by atoms with Crippen LogP contribution in [0.25, 0.3) is 0 Å². The fourth-order valence-corrected chi connectivity index (χ4v) is 3.87. The Morgan fingerprint density at radius 1 is 1.61 bits per heavy atom. The van der Waals surface area contributed by atoms with Gasteiger partial charge in [-0.2, -0.15) is 0 Å². The van der Waals surface area contributed by atoms with Gasteiger partial charge in [0.15, 0.2) is 0 Å². The van der Waals surface area contributed by atoms with Gasteiger partial charge in [-0.15, -0.1) is 0 Å². The van der Waals surface area contributed by atoms with Crippen LogP contribution in [0.5, 0.6) is 0 Å². The maximum absolute atomic E-state index is 13.1. The van der Waals surface area contributed by atoms with Crippen molar-refractivity contribution < 1.29 is 26.5 Å². The van der Waals surface area contributed by atoms with Crippen molar-refractivity contribution in [2.75, 3.05) is 11.3 Å². The average molecular weight is 365 g/mol. The van der Waals surface area contributed by atoms with Gasteiger partial charge in [-0.25, -0.2) is 17.6 Å². The third-order valence-electron chi connectivity index (χ3n) is 3.13. The van der Waals surface area contributed by atoms with Gasteiger partial charge in [0.05, 0.1) is 24.3 Å². The van der Waals surface area contributed by atoms with Crippen LogP contribution in [0.1, 0.15) is 30.3 Å². The van der Waals surface area contributed by atoms with Gasteiger partial charge < -0.3 is 4.74 Å². The van der Waals surface area contributed by atoms with E-state index >= 15 is 0 Å². The number of allylic oxidation sites excluding steroid dienone is 1. The Hall–Kier alpha value is -1.60. The lowest BCUT2D eigenvalue weighted by molar-refractivity contribution is -0.138. The molecule has 8 heteroatoms. The normalized spacial score (nSPS) is 22.7. The number of sulfonamides is 1. The Kier molecular flexibility index (Phi) is 4.39. The fraction of sp³-hybridized carbons (Fsp3) is 0.400. The molecule has 1 unspecified atom stereocenters. The largest absolute Gasteiger partial charge is 0.463 e. The monoisotopic (exact) mass is 364 g/mol. The molecule has 0 aromatic heterocycles. The summed E-state index contributed by atoms with van der Waals surface area (Å²) < 4.78 is 69.2. The van der Waals surface area contributed by atoms with Crippen LogP contribution in [0.3, 0.4) is 0 Å². The van der Waals surface area contributed by atoms with E-state index in [4.69, 9.17) is 20.5 Å². The van der Waals surface area contributed by atoms with Gasteiger partial charge in [0.2, 0.25) is 10.0 Å². The molecule has 1 N–H and O–H groups in total. The molecule has 1 aliphatic carbocycles. The van der Waals surface area contributed by atoms with Gasteiger partial charge >= 0.3 is 5.97 Å². The zero-order chi connectivity index (χ0) is 19.7. The van der Waals surface area contributed by atoms with Crippen molar-refractivity contribution in [2.24, 2.45) is 0 Å². The van der Waals surface area contributed by atoms with Gasteiger partial charge in [0.1, 0.15) is 11.1 Å². The number of anilines is 1. The summed E-state index contributed by atoms with van der Waals surface area (Å²) in [5.41, 5.74) is -0.634. The summed E-state index contributed by atoms with van der Waals surface area (Å²) in [7, 11) is -4.27. The lowest BCUT2D eigenvalue weighted by atomic mass is 9.99. The summed E-state index contributed by atoms with van der Waals surface area (Å²) in [5, 5.41) is -1.66. The molecule has 0 saturated heterocycles. The SMILES string of the molecule is [2H]C1=C(C(=O)OCC)C(S(=O)(=O)Nc2ccc(F)cc2Cl)CCC1([2H])[2H]. The van der Waals surface area contributed by atoms with Gasteiger partial charge in [0.25, 0.3) is 0 Å². The molecule has 0 saturated carbocycles. The van der Waals surface area contributed by atoms with E-state index in [1.165, 1.54) is 6.92 Å². The number of rotatable bonds is 5. The van der Waals surface area contributed by atoms with Crippen molar-refractivity contribution in [1.29, 1.82) is 0 Å². The Morgan fingerprint density at radius 2 is 2.35 bits per heavy atom. The summed E-state index contributed by atoms with van der Waals surface area (Å²) in [6, 6.07) is 2.35. The second-order valence-corrected chi connectivity index (χ2v) is 7.00. The van der Waals surface area contributed by atoms with E-state index in [1.807, 2.05) is 0 Å². The highest BCUT2D eigenvalue weighted by Gasteiger charge is 2.35. The van der Waals surface area contributed by atoms with Crippen LogP contribution in [0.2, 0.25) is 5.02 Å². The smallest absolute Gasteiger partial charge is 0.335 e. The molecule has 1 atom stereocenters. The predicted octanol–water partition coefficient (Wildman–Crippen LogP) is 3.26. The molecule has 0 amide bonds. The minimum Gasteiger partial charge on any atom is -0.463 e. The van der Waals surface area contributed by atoms with E-state index in [2.05, 4.69) is 4.72 Å². The highest BCUT2D eigenvalue weighted by Crippen LogP contribution is 2.30. The summed E-state index contributed by atoms with van der Waals surface area (Å²) in [5.74, 6) is -1.70. The van der Waals surface area contributed by atoms with Crippen LogP contribution in [0.4, 0.5) is 10.1 Å². The number of carbonyl (C=O) groups excluding carboxylic acids is 1. The first-order chi connectivity index (χ1) is 12.0. The summed E-state index contributed by atoms with van der Waals surface area (Å²) in [6.45, 7) is 1.46. The molecule has 0 bridgehead atoms. The Balaban J connectivity index is 2.46. The van der Waals surface area contributed by atoms with E-state index in [9.17, 15) is 17.6 Å². The minimum atomic E-state index is -4.27. The Morgan fingerprint density at radius 3 is 3.00 bits per heavy atom. The van der Waals surface area contributed by atoms with Gasteiger partial charge in [-0.1, -0.05) is 17.7 Å². The number of halogens is 2. The second kappa shape index (κ2) is 7.31. The molecule has 1 aromatic carbocycles. The lowest BCUT2D eigenvalue weighted by Gasteiger charge is -2.24. The van der Waals surface area contributed by atoms with Crippen molar-refractivity contribution in [3.63, 3.8) is 0 Å². The number of nitrogens with one attached hydrogen (secondary N) is 1. The van der Waals surface area contributed by atoms with Crippen molar-refractivity contribution in [1.82, 2.24) is 0 Å². The van der Waals surface area contributed by atoms with E-state index in [0.29, 0.717) is 0 Å². The molecule has 0 radical (unpaired) electrons. The average Bonchev–Trinajstić information content (AvgIpc) is 2.52. The predicted molar refractivity (Wildman–Crippen MR) is 86.3 cm³/mol. The van der Waals surface area contributed by atoms with Gasteiger partial charge in [-0.3, -0.25) is 4.72 Å². The molecule has 0 heterocycles. The van der Waals surface area contributed by atoms with Crippen molar-refractivity contribution in [3.8, 4) is 0 Å². The molecule has 2 rings (SSSR count). The van der Waals surface area contributed by atoms with Crippen LogP contribution in [-0.4, -0.2) is 26.2 Å². The molecule has 23 heavy (non-hydrogen) atoms. The first kappa shape index (κ1) is 13.8. The maximum atomic E-state index is 13.1. The number of esters is 1. The van der Waals surface area contributed by atoms with Crippen molar-refractivity contribution in [2.45, 2.75) is 31.4 Å². The zero-order valence-electron chi connectivity index (χ0n) is 15.2. The summed E-state index contributed by atoms with van der Waals surface area (Å²) in [6.07, 6.45) is -2.61. The zero-order valence-corrected chi connectivity index (χ0v) is 13.8. The second-order valence-electron chi connectivity index (χ2n) is 4.73. The highest BCUT2D eigenvalue weighted by atomic mass is 35.5. The Labute approximate surface area is 143 Å². The van der Waals surface area contributed by atoms with Crippen LogP contribution >= 0.6 is 11.6 Å². The molecule has 126 valence electrons. The molecule has 5 nitrogen and oxygen atoms in total. The number of benzene rings is 1. The highest BCUT2D eigenvalue weighted by molar-refractivity contribution is 7.93. The summed E-state index contributed by atoms with van der Waals surface area (Å²) >= 11 is 5.83. The molecule has 0 aliphatic heterocycles. The quantitative estimate of drug-likeness (QED) is 0.814. The number of carbonyl (C=O) groups is 1. The molecule has 1 aliphatic rings. The third kappa shape index (κ3) is 4.23. The van der Waals surface area contributed by atoms with Crippen LogP contribution in [0.15, 0.2) is 29.8 Å². The van der Waals surface area contributed by atoms with E-state index in [-0.39, 0.29) is 30.2 Å². The molecule has 0 spiro atoms. The van der Waals surface area contributed by atoms with Crippen molar-refractivity contribution in [3.05, 3.63) is 40.7 Å². The van der Waals surface area contributed by atoms with Gasteiger partial charge in [0, 0.05) is 2.74 Å². The van der Waals surface area contributed by atoms with Crippen LogP contribution in [0, 0.1) is 5.82 Å². The third-order valence-corrected chi connectivity index (χ3v) is 5.17. The Bertz CT molecular complexity index is 860. The maximum Gasteiger partial charge on any atom is 0.335 e. The lowest BCUT2D eigenvalue weighted by Crippen LogP contribution is -2.34. The number of hydrogen-bond acceptors (Lipinski definition) is 4. The fourth-order valence-electron chi connectivity index (χ4n) is 2.08. The minimum absolute atomic E-state index is 0.0530. The van der Waals surface area contributed by atoms with Crippen molar-refractivity contribution >= 4 is 33.3 Å². The summed E-state index contributed by atoms with van der Waals surface area (Å²) in [4.78, 5) is 12.2. The molecular weight excluding hydrogens is 345 g/mol.